The summed E-state index contributed by atoms with van der Waals surface area (Å²) in [5.74, 6) is -0.164. The van der Waals surface area contributed by atoms with Gasteiger partial charge in [0.2, 0.25) is 5.91 Å². The van der Waals surface area contributed by atoms with Crippen LogP contribution in [0, 0.1) is 6.92 Å². The second-order valence-corrected chi connectivity index (χ2v) is 4.80. The molecule has 2 rings (SSSR count). The van der Waals surface area contributed by atoms with Crippen LogP contribution in [0.25, 0.3) is 5.69 Å². The highest BCUT2D eigenvalue weighted by molar-refractivity contribution is 5.96. The molecule has 1 unspecified atom stereocenters. The van der Waals surface area contributed by atoms with Gasteiger partial charge in [-0.2, -0.15) is 5.10 Å². The standard InChI is InChI=1S/C15H20N4O.ClH/c1-3-6-12(16)15(20)17-13-7-4-5-8-14(13)19-10-9-11(2)18-19;/h4-5,7-10,12H,3,6,16H2,1-2H3,(H,17,20);1H. The number of rotatable bonds is 5. The number of halogens is 1. The van der Waals surface area contributed by atoms with Crippen molar-refractivity contribution >= 4 is 24.0 Å². The predicted molar refractivity (Wildman–Crippen MR) is 87.1 cm³/mol. The first-order valence-electron chi connectivity index (χ1n) is 6.80. The van der Waals surface area contributed by atoms with E-state index in [2.05, 4.69) is 10.4 Å². The predicted octanol–water partition coefficient (Wildman–Crippen LogP) is 2.67. The number of amides is 1. The molecule has 0 aliphatic carbocycles. The summed E-state index contributed by atoms with van der Waals surface area (Å²) in [4.78, 5) is 12.0. The van der Waals surface area contributed by atoms with Crippen molar-refractivity contribution in [3.8, 4) is 5.69 Å². The van der Waals surface area contributed by atoms with Crippen molar-refractivity contribution in [2.45, 2.75) is 32.7 Å². The maximum Gasteiger partial charge on any atom is 0.241 e. The molecule has 1 amide bonds. The Morgan fingerprint density at radius 2 is 2.10 bits per heavy atom. The SMILES string of the molecule is CCCC(N)C(=O)Nc1ccccc1-n1ccc(C)n1.Cl. The number of aromatic nitrogens is 2. The molecule has 5 nitrogen and oxygen atoms in total. The molecule has 0 fully saturated rings. The maximum absolute atomic E-state index is 12.0. The van der Waals surface area contributed by atoms with Crippen molar-refractivity contribution < 1.29 is 4.79 Å². The molecule has 0 saturated heterocycles. The zero-order valence-corrected chi connectivity index (χ0v) is 13.1. The van der Waals surface area contributed by atoms with Crippen LogP contribution in [0.1, 0.15) is 25.5 Å². The fourth-order valence-corrected chi connectivity index (χ4v) is 2.00. The van der Waals surface area contributed by atoms with Crippen LogP contribution in [0.15, 0.2) is 36.5 Å². The van der Waals surface area contributed by atoms with Gasteiger partial charge < -0.3 is 11.1 Å². The van der Waals surface area contributed by atoms with Crippen molar-refractivity contribution in [2.75, 3.05) is 5.32 Å². The average Bonchev–Trinajstić information content (AvgIpc) is 2.86. The van der Waals surface area contributed by atoms with Crippen LogP contribution in [0.2, 0.25) is 0 Å². The van der Waals surface area contributed by atoms with Gasteiger partial charge in [-0.1, -0.05) is 25.5 Å². The molecule has 1 atom stereocenters. The molecule has 1 aromatic carbocycles. The summed E-state index contributed by atoms with van der Waals surface area (Å²) in [6.07, 6.45) is 3.43. The Hall–Kier alpha value is -1.85. The van der Waals surface area contributed by atoms with Gasteiger partial charge in [0, 0.05) is 6.20 Å². The molecule has 114 valence electrons. The van der Waals surface area contributed by atoms with Crippen molar-refractivity contribution in [3.63, 3.8) is 0 Å². The Labute approximate surface area is 130 Å². The highest BCUT2D eigenvalue weighted by Crippen LogP contribution is 2.19. The topological polar surface area (TPSA) is 72.9 Å². The summed E-state index contributed by atoms with van der Waals surface area (Å²) < 4.78 is 1.75. The quantitative estimate of drug-likeness (QED) is 0.892. The van der Waals surface area contributed by atoms with Gasteiger partial charge in [-0.05, 0) is 31.5 Å². The third-order valence-electron chi connectivity index (χ3n) is 3.07. The Morgan fingerprint density at radius 1 is 1.38 bits per heavy atom. The van der Waals surface area contributed by atoms with Crippen molar-refractivity contribution in [1.82, 2.24) is 9.78 Å². The maximum atomic E-state index is 12.0. The molecule has 0 aliphatic rings. The number of para-hydroxylation sites is 2. The summed E-state index contributed by atoms with van der Waals surface area (Å²) in [5, 5.41) is 7.24. The lowest BCUT2D eigenvalue weighted by atomic mass is 10.1. The van der Waals surface area contributed by atoms with Crippen molar-refractivity contribution in [1.29, 1.82) is 0 Å². The molecule has 2 aromatic rings. The van der Waals surface area contributed by atoms with Crippen LogP contribution in [-0.4, -0.2) is 21.7 Å². The number of nitrogens with zero attached hydrogens (tertiary/aromatic N) is 2. The van der Waals surface area contributed by atoms with E-state index in [0.29, 0.717) is 12.1 Å². The van der Waals surface area contributed by atoms with E-state index in [0.717, 1.165) is 17.8 Å². The molecular weight excluding hydrogens is 288 g/mol. The van der Waals surface area contributed by atoms with E-state index in [1.807, 2.05) is 50.4 Å². The zero-order chi connectivity index (χ0) is 14.5. The Kier molecular flexibility index (Phi) is 6.39. The van der Waals surface area contributed by atoms with Crippen molar-refractivity contribution in [3.05, 3.63) is 42.2 Å². The van der Waals surface area contributed by atoms with Crippen molar-refractivity contribution in [2.24, 2.45) is 5.73 Å². The summed E-state index contributed by atoms with van der Waals surface area (Å²) >= 11 is 0. The summed E-state index contributed by atoms with van der Waals surface area (Å²) in [6.45, 7) is 3.93. The second-order valence-electron chi connectivity index (χ2n) is 4.80. The van der Waals surface area contributed by atoms with Gasteiger partial charge in [0.05, 0.1) is 23.1 Å². The van der Waals surface area contributed by atoms with E-state index < -0.39 is 6.04 Å². The first kappa shape index (κ1) is 17.2. The van der Waals surface area contributed by atoms with E-state index in [9.17, 15) is 4.79 Å². The highest BCUT2D eigenvalue weighted by atomic mass is 35.5. The van der Waals surface area contributed by atoms with Crippen LogP contribution >= 0.6 is 12.4 Å². The van der Waals surface area contributed by atoms with E-state index in [1.165, 1.54) is 0 Å². The van der Waals surface area contributed by atoms with Gasteiger partial charge in [-0.25, -0.2) is 4.68 Å². The molecule has 0 spiro atoms. The monoisotopic (exact) mass is 308 g/mol. The first-order valence-corrected chi connectivity index (χ1v) is 6.80. The molecule has 6 heteroatoms. The first-order chi connectivity index (χ1) is 9.61. The van der Waals surface area contributed by atoms with Crippen LogP contribution < -0.4 is 11.1 Å². The molecule has 3 N–H and O–H groups in total. The number of nitrogens with two attached hydrogens (primary N) is 1. The number of hydrogen-bond acceptors (Lipinski definition) is 3. The molecule has 0 radical (unpaired) electrons. The lowest BCUT2D eigenvalue weighted by molar-refractivity contribution is -0.117. The Morgan fingerprint density at radius 3 is 2.71 bits per heavy atom. The normalized spacial score (nSPS) is 11.6. The van der Waals surface area contributed by atoms with Gasteiger partial charge in [-0.3, -0.25) is 4.79 Å². The minimum absolute atomic E-state index is 0. The second kappa shape index (κ2) is 7.81. The largest absolute Gasteiger partial charge is 0.323 e. The summed E-state index contributed by atoms with van der Waals surface area (Å²) in [7, 11) is 0. The van der Waals surface area contributed by atoms with E-state index in [1.54, 1.807) is 4.68 Å². The van der Waals surface area contributed by atoms with E-state index in [4.69, 9.17) is 5.73 Å². The Balaban J connectivity index is 0.00000220. The Bertz CT molecular complexity index is 597. The lowest BCUT2D eigenvalue weighted by Crippen LogP contribution is -2.35. The smallest absolute Gasteiger partial charge is 0.241 e. The highest BCUT2D eigenvalue weighted by Gasteiger charge is 2.14. The summed E-state index contributed by atoms with van der Waals surface area (Å²) in [5.41, 5.74) is 8.30. The number of anilines is 1. The third kappa shape index (κ3) is 4.31. The molecule has 1 heterocycles. The van der Waals surface area contributed by atoms with Crippen LogP contribution in [0.5, 0.6) is 0 Å². The van der Waals surface area contributed by atoms with Gasteiger partial charge in [0.25, 0.3) is 0 Å². The molecular formula is C15H21ClN4O. The number of carbonyl (C=O) groups is 1. The molecule has 21 heavy (non-hydrogen) atoms. The molecule has 0 bridgehead atoms. The van der Waals surface area contributed by atoms with Crippen LogP contribution in [0.4, 0.5) is 5.69 Å². The van der Waals surface area contributed by atoms with Crippen LogP contribution in [-0.2, 0) is 4.79 Å². The fraction of sp³-hybridized carbons (Fsp3) is 0.333. The number of carbonyl (C=O) groups excluding carboxylic acids is 1. The van der Waals surface area contributed by atoms with Gasteiger partial charge in [0.1, 0.15) is 0 Å². The number of aryl methyl sites for hydroxylation is 1. The van der Waals surface area contributed by atoms with E-state index in [-0.39, 0.29) is 18.3 Å². The average molecular weight is 309 g/mol. The summed E-state index contributed by atoms with van der Waals surface area (Å²) in [6, 6.07) is 8.99. The minimum atomic E-state index is -0.479. The fourth-order valence-electron chi connectivity index (χ4n) is 2.00. The number of hydrogen-bond donors (Lipinski definition) is 2. The minimum Gasteiger partial charge on any atom is -0.323 e. The molecule has 1 aromatic heterocycles. The van der Waals surface area contributed by atoms with Gasteiger partial charge in [-0.15, -0.1) is 12.4 Å². The molecule has 0 saturated carbocycles. The number of nitrogens with one attached hydrogen (secondary N) is 1. The van der Waals surface area contributed by atoms with Crippen LogP contribution in [0.3, 0.4) is 0 Å². The third-order valence-corrected chi connectivity index (χ3v) is 3.07. The lowest BCUT2D eigenvalue weighted by Gasteiger charge is -2.14. The van der Waals surface area contributed by atoms with Gasteiger partial charge >= 0.3 is 0 Å². The number of benzene rings is 1. The van der Waals surface area contributed by atoms with Gasteiger partial charge in [0.15, 0.2) is 0 Å². The van der Waals surface area contributed by atoms with E-state index >= 15 is 0 Å². The zero-order valence-electron chi connectivity index (χ0n) is 12.2. The molecule has 0 aliphatic heterocycles.